The van der Waals surface area contributed by atoms with Gasteiger partial charge in [-0.2, -0.15) is 0 Å². The lowest BCUT2D eigenvalue weighted by molar-refractivity contribution is -0.149. The van der Waals surface area contributed by atoms with E-state index in [4.69, 9.17) is 11.5 Å². The number of phenolic OH excluding ortho intramolecular Hbond substituents is 1. The van der Waals surface area contributed by atoms with Gasteiger partial charge in [0.1, 0.15) is 96.9 Å². The molecule has 6 aromatic rings. The molecule has 139 heavy (non-hydrogen) atoms. The van der Waals surface area contributed by atoms with E-state index in [-0.39, 0.29) is 82.3 Å². The number of hydrogen-bond acceptors (Lipinski definition) is 25. The predicted octanol–water partition coefficient (Wildman–Crippen LogP) is -3.38. The summed E-state index contributed by atoms with van der Waals surface area (Å²) < 4.78 is 1.39. The molecule has 47 nitrogen and oxygen atoms in total. The van der Waals surface area contributed by atoms with Crippen LogP contribution in [0.1, 0.15) is 133 Å². The second kappa shape index (κ2) is 51.0. The number of aliphatic hydroxyl groups excluding tert-OH is 1. The van der Waals surface area contributed by atoms with Crippen molar-refractivity contribution in [2.45, 2.75) is 234 Å². The third-order valence-corrected chi connectivity index (χ3v) is 25.4. The van der Waals surface area contributed by atoms with Crippen molar-refractivity contribution in [1.82, 2.24) is 97.2 Å². The number of carbonyl (C=O) groups is 20. The first kappa shape index (κ1) is 108. The highest BCUT2D eigenvalue weighted by molar-refractivity contribution is 8.00. The summed E-state index contributed by atoms with van der Waals surface area (Å²) in [6, 6.07) is -5.54. The highest BCUT2D eigenvalue weighted by atomic mass is 32.2. The van der Waals surface area contributed by atoms with Gasteiger partial charge in [-0.05, 0) is 92.9 Å². The number of aromatic hydroxyl groups is 1. The number of rotatable bonds is 28. The van der Waals surface area contributed by atoms with Gasteiger partial charge in [0.2, 0.25) is 94.5 Å². The van der Waals surface area contributed by atoms with Crippen molar-refractivity contribution < 1.29 is 127 Å². The van der Waals surface area contributed by atoms with E-state index >= 15 is 38.4 Å². The predicted molar refractivity (Wildman–Crippen MR) is 497 cm³/mol. The molecule has 9 rings (SSSR count). The Bertz CT molecular complexity index is 5480. The maximum absolute atomic E-state index is 15.9. The maximum atomic E-state index is 15.9. The number of aliphatic hydroxyl groups is 1. The largest absolute Gasteiger partial charge is 0.508 e. The number of hydrogen-bond donors (Lipinski definition) is 20. The van der Waals surface area contributed by atoms with Gasteiger partial charge in [0.05, 0.1) is 37.6 Å². The summed E-state index contributed by atoms with van der Waals surface area (Å²) >= 11 is 0.644. The highest BCUT2D eigenvalue weighted by Gasteiger charge is 2.47. The zero-order valence-electron chi connectivity index (χ0n) is 77.6. The normalized spacial score (nSPS) is 24.3. The summed E-state index contributed by atoms with van der Waals surface area (Å²) in [4.78, 5) is 302. The van der Waals surface area contributed by atoms with E-state index in [2.05, 4.69) is 68.1 Å². The number of aliphatic carboxylic acids is 4. The Morgan fingerprint density at radius 1 is 0.532 bits per heavy atom. The average molecular weight is 1960 g/mol. The van der Waals surface area contributed by atoms with Crippen LogP contribution >= 0.6 is 11.8 Å². The van der Waals surface area contributed by atoms with Gasteiger partial charge >= 0.3 is 23.9 Å². The number of aromatic amines is 2. The number of unbranched alkanes of at least 4 members (excludes halogenated alkanes) is 2. The fraction of sp³-hybridized carbons (Fsp3) is 0.505. The summed E-state index contributed by atoms with van der Waals surface area (Å²) in [5, 5.41) is 88.6. The molecule has 16 amide bonds. The molecule has 3 aliphatic heterocycles. The lowest BCUT2D eigenvalue weighted by atomic mass is 9.99. The van der Waals surface area contributed by atoms with E-state index < -0.39 is 285 Å². The Morgan fingerprint density at radius 2 is 1.09 bits per heavy atom. The number of nitrogens with one attached hydrogen (secondary N) is 12. The van der Waals surface area contributed by atoms with Crippen LogP contribution in [-0.2, 0) is 128 Å². The van der Waals surface area contributed by atoms with Crippen molar-refractivity contribution in [2.24, 2.45) is 11.5 Å². The third kappa shape index (κ3) is 30.0. The van der Waals surface area contributed by atoms with Crippen LogP contribution in [0.15, 0.2) is 97.7 Å². The number of thioether (sulfide) groups is 1. The van der Waals surface area contributed by atoms with Gasteiger partial charge in [-0.25, -0.2) is 4.98 Å². The summed E-state index contributed by atoms with van der Waals surface area (Å²) in [7, 11) is 3.61. The van der Waals surface area contributed by atoms with Crippen molar-refractivity contribution in [3.05, 3.63) is 120 Å². The van der Waals surface area contributed by atoms with Crippen molar-refractivity contribution >= 4 is 152 Å². The molecule has 0 saturated carbocycles. The topological polar surface area (TPSA) is 701 Å². The van der Waals surface area contributed by atoms with Crippen LogP contribution in [0.2, 0.25) is 0 Å². The monoisotopic (exact) mass is 1960 g/mol. The number of phenols is 1. The molecule has 0 bridgehead atoms. The van der Waals surface area contributed by atoms with Crippen molar-refractivity contribution in [1.29, 1.82) is 0 Å². The average Bonchev–Trinajstić information content (AvgIpc) is 1.66. The molecular weight excluding hydrogens is 1840 g/mol. The van der Waals surface area contributed by atoms with E-state index in [0.717, 1.165) is 31.5 Å². The maximum Gasteiger partial charge on any atom is 0.323 e. The molecule has 0 radical (unpaired) electrons. The van der Waals surface area contributed by atoms with Gasteiger partial charge in [-0.15, -0.1) is 11.8 Å². The molecule has 3 aromatic heterocycles. The molecule has 3 aromatic carbocycles. The number of likely N-dealkylation sites (N-methyl/N-ethyl adjacent to an activating group) is 3. The molecular formula is C91H121N21O26S. The molecule has 3 saturated heterocycles. The number of carbonyl (C=O) groups excluding carboxylic acids is 16. The number of nitrogens with zero attached hydrogens (tertiary/aromatic N) is 7. The van der Waals surface area contributed by atoms with Gasteiger partial charge in [0.15, 0.2) is 0 Å². The van der Waals surface area contributed by atoms with Gasteiger partial charge in [0, 0.05) is 125 Å². The number of aromatic nitrogens is 4. The lowest BCUT2D eigenvalue weighted by Gasteiger charge is -2.36. The van der Waals surface area contributed by atoms with Gasteiger partial charge in [0.25, 0.3) is 0 Å². The fourth-order valence-electron chi connectivity index (χ4n) is 16.9. The number of nitrogens with two attached hydrogens (primary N) is 2. The summed E-state index contributed by atoms with van der Waals surface area (Å²) in [5.41, 5.74) is 13.8. The molecule has 752 valence electrons. The second-order valence-corrected chi connectivity index (χ2v) is 35.6. The number of H-pyrrole nitrogens is 2. The molecule has 0 aliphatic carbocycles. The van der Waals surface area contributed by atoms with E-state index in [0.29, 0.717) is 63.1 Å². The van der Waals surface area contributed by atoms with Crippen molar-refractivity contribution in [3.63, 3.8) is 0 Å². The fourth-order valence-corrected chi connectivity index (χ4v) is 17.7. The third-order valence-electron chi connectivity index (χ3n) is 24.4. The van der Waals surface area contributed by atoms with Crippen molar-refractivity contribution in [3.8, 4) is 5.75 Å². The molecule has 48 heteroatoms. The second-order valence-electron chi connectivity index (χ2n) is 34.6. The molecule has 1 unspecified atom stereocenters. The Morgan fingerprint density at radius 3 is 1.73 bits per heavy atom. The molecule has 0 spiro atoms. The van der Waals surface area contributed by atoms with E-state index in [1.54, 1.807) is 68.6 Å². The Labute approximate surface area is 801 Å². The van der Waals surface area contributed by atoms with E-state index in [9.17, 15) is 88.2 Å². The zero-order valence-corrected chi connectivity index (χ0v) is 78.4. The summed E-state index contributed by atoms with van der Waals surface area (Å²) in [6.45, 7) is 2.12. The van der Waals surface area contributed by atoms with Gasteiger partial charge < -0.3 is 134 Å². The smallest absolute Gasteiger partial charge is 0.323 e. The van der Waals surface area contributed by atoms with Crippen LogP contribution < -0.4 is 64.6 Å². The first-order chi connectivity index (χ1) is 66.1. The Balaban J connectivity index is 1.12. The van der Waals surface area contributed by atoms with Crippen LogP contribution in [0.3, 0.4) is 0 Å². The van der Waals surface area contributed by atoms with E-state index in [1.807, 2.05) is 0 Å². The van der Waals surface area contributed by atoms with Gasteiger partial charge in [-0.1, -0.05) is 88.1 Å². The number of carboxylic acids is 4. The first-order valence-electron chi connectivity index (χ1n) is 45.5. The molecule has 6 heterocycles. The number of carboxylic acid groups (broad SMARTS) is 4. The first-order valence-corrected chi connectivity index (χ1v) is 46.6. The van der Waals surface area contributed by atoms with Crippen LogP contribution in [0.4, 0.5) is 0 Å². The number of primary amides is 1. The van der Waals surface area contributed by atoms with Crippen LogP contribution in [0.5, 0.6) is 5.75 Å². The number of fused-ring (bicyclic) bond motifs is 4. The molecule has 15 atom stereocenters. The number of benzene rings is 3. The van der Waals surface area contributed by atoms with Crippen LogP contribution in [0.25, 0.3) is 21.8 Å². The Kier molecular flexibility index (Phi) is 39.7. The van der Waals surface area contributed by atoms with Gasteiger partial charge in [-0.3, -0.25) is 95.9 Å². The summed E-state index contributed by atoms with van der Waals surface area (Å²) in [6.07, 6.45) is -1.44. The minimum atomic E-state index is -2.07. The number of amides is 16. The van der Waals surface area contributed by atoms with Crippen LogP contribution in [0, 0.1) is 0 Å². The highest BCUT2D eigenvalue weighted by Crippen LogP contribution is 2.29. The number of imidazole rings is 1. The van der Waals surface area contributed by atoms with Crippen molar-refractivity contribution in [2.75, 3.05) is 58.8 Å². The summed E-state index contributed by atoms with van der Waals surface area (Å²) in [5.74, 6) is -24.7. The zero-order chi connectivity index (χ0) is 102. The Hall–Kier alpha value is -14.6. The lowest BCUT2D eigenvalue weighted by Crippen LogP contribution is -2.61. The minimum absolute atomic E-state index is 0.0808. The molecule has 22 N–H and O–H groups in total. The minimum Gasteiger partial charge on any atom is -0.508 e. The standard InChI is InChI=1S/C91H121N21O26S/c1-7-9-19-68-84(131)103-62(37-75(119)120)83(130)106-66(79(126)96-41-72(93)115)45-139-46-73(116)98-63(32-49-23-25-53(113)26-24-49)87(134)107(4)48(3)78(125)104-65(38-76(121)122)90(137)111-31-15-22-69(111)85(132)102-61(35-52-40-94-47-97-52)82(129)100-59(27-28-74(117)118)89(136)112-43-54(114)36-71(112)86(133)101-60(33-50-39-95-57-18-13-11-16-55(50)57)81(128)99-58(29-30-92)80(127)105-64(88(135)109(6)70(20-10-8-2)91(138)108(68)5)34-51-42-110(44-77(123)124)67-21-14-12-17-56(51)67/h11-14,16-18,21,23-26,39-40,42,47-48,54,58-66,68-71,95,113-114H,7-10,15,19-20,22,27-38,41,43-46,92H2,1-6H3,(H2,93,115)(H,94,97)(H,96,126)(H,98,116)(H,99,128)(H,100,129)(H,101,133)(H,102,132)(H,103,131)(H,104,125)(H,105,127)(H,106,130)(H,117,118)(H,119,120)(H,121,122)(H,123,124)/t48-,54+,58-,59-,60-,61-,62-,63-,64-,65-,66-,68-,69?,70-,71-/m0/s1. The van der Waals surface area contributed by atoms with E-state index in [1.165, 1.54) is 68.6 Å². The molecule has 3 aliphatic rings. The number of para-hydroxylation sites is 2. The molecule has 3 fully saturated rings. The van der Waals surface area contributed by atoms with Crippen LogP contribution in [-0.4, -0.2) is 343 Å². The quantitative estimate of drug-likeness (QED) is 0.0228. The SMILES string of the molecule is CCCC[C@H]1C(=O)N(C)[C@@H](CCCC)C(=O)N[C@@H](CC(=O)O)C(=O)N[C@H](C(=O)NCC(N)=O)CSCC(=O)N[C@@H](Cc2ccc(O)cc2)C(=O)N(C)[C@@H](C)C(=O)N[C@@H](CC(=O)O)C(=O)N2CCCC2C(=O)N[C@@H](Cc2cnc[nH]2)C(=O)N[C@@H](CCC(=O)O)C(=O)N2C[C@H](O)C[C@H]2C(=O)N[C@@H](Cc2c[nH]c3ccccc23)C(=O)N[C@@H](CCN)C(=O)N[C@@H](Cc2cn(CC(=O)O)c3ccccc23)C(=O)N1C.